The van der Waals surface area contributed by atoms with Crippen LogP contribution in [0.2, 0.25) is 5.02 Å². The molecule has 0 aromatic heterocycles. The predicted octanol–water partition coefficient (Wildman–Crippen LogP) is 3.49. The zero-order chi connectivity index (χ0) is 17.6. The fraction of sp³-hybridized carbons (Fsp3) is 0.350. The Kier molecular flexibility index (Phi) is 5.95. The number of carbonyl (C=O) groups is 1. The highest BCUT2D eigenvalue weighted by atomic mass is 35.5. The van der Waals surface area contributed by atoms with Crippen LogP contribution >= 0.6 is 11.6 Å². The number of hydrogen-bond acceptors (Lipinski definition) is 3. The molecule has 0 radical (unpaired) electrons. The molecular weight excluding hydrogens is 336 g/mol. The summed E-state index contributed by atoms with van der Waals surface area (Å²) >= 11 is 5.88. The molecule has 2 aromatic rings. The number of halogens is 1. The molecular formula is C20H23ClN2O2. The maximum Gasteiger partial charge on any atom is 0.253 e. The van der Waals surface area contributed by atoms with Gasteiger partial charge in [-0.05, 0) is 48.9 Å². The normalized spacial score (nSPS) is 15.2. The van der Waals surface area contributed by atoms with E-state index in [9.17, 15) is 4.79 Å². The van der Waals surface area contributed by atoms with E-state index < -0.39 is 0 Å². The van der Waals surface area contributed by atoms with Crippen molar-refractivity contribution in [2.45, 2.75) is 6.92 Å². The van der Waals surface area contributed by atoms with Crippen LogP contribution in [0.4, 0.5) is 0 Å². The first-order valence-electron chi connectivity index (χ1n) is 8.58. The van der Waals surface area contributed by atoms with Crippen molar-refractivity contribution < 1.29 is 9.53 Å². The molecule has 1 aliphatic rings. The Morgan fingerprint density at radius 1 is 1.08 bits per heavy atom. The minimum Gasteiger partial charge on any atom is -0.492 e. The van der Waals surface area contributed by atoms with Crippen molar-refractivity contribution in [3.8, 4) is 5.75 Å². The van der Waals surface area contributed by atoms with Crippen molar-refractivity contribution in [3.05, 3.63) is 64.7 Å². The summed E-state index contributed by atoms with van der Waals surface area (Å²) in [5, 5.41) is 0.648. The lowest BCUT2D eigenvalue weighted by Crippen LogP contribution is -2.49. The molecule has 1 heterocycles. The molecule has 0 N–H and O–H groups in total. The van der Waals surface area contributed by atoms with Crippen molar-refractivity contribution in [2.75, 3.05) is 39.3 Å². The third-order valence-electron chi connectivity index (χ3n) is 4.42. The molecule has 0 aliphatic carbocycles. The van der Waals surface area contributed by atoms with E-state index in [4.69, 9.17) is 16.3 Å². The second-order valence-corrected chi connectivity index (χ2v) is 6.74. The fourth-order valence-electron chi connectivity index (χ4n) is 2.95. The molecule has 0 spiro atoms. The zero-order valence-corrected chi connectivity index (χ0v) is 15.2. The number of piperazine rings is 1. The maximum atomic E-state index is 12.5. The topological polar surface area (TPSA) is 32.8 Å². The molecule has 1 saturated heterocycles. The van der Waals surface area contributed by atoms with Gasteiger partial charge < -0.3 is 9.64 Å². The van der Waals surface area contributed by atoms with Crippen molar-refractivity contribution in [3.63, 3.8) is 0 Å². The Balaban J connectivity index is 1.42. The van der Waals surface area contributed by atoms with Crippen LogP contribution < -0.4 is 4.74 Å². The Morgan fingerprint density at radius 3 is 2.48 bits per heavy atom. The number of amides is 1. The van der Waals surface area contributed by atoms with Crippen LogP contribution in [0.3, 0.4) is 0 Å². The van der Waals surface area contributed by atoms with E-state index in [1.807, 2.05) is 23.1 Å². The van der Waals surface area contributed by atoms with Gasteiger partial charge in [-0.2, -0.15) is 0 Å². The summed E-state index contributed by atoms with van der Waals surface area (Å²) in [6, 6.07) is 15.2. The molecule has 1 fully saturated rings. The van der Waals surface area contributed by atoms with Crippen molar-refractivity contribution in [2.24, 2.45) is 0 Å². The monoisotopic (exact) mass is 358 g/mol. The molecule has 1 amide bonds. The number of hydrogen-bond donors (Lipinski definition) is 0. The molecule has 0 bridgehead atoms. The van der Waals surface area contributed by atoms with Gasteiger partial charge in [-0.15, -0.1) is 0 Å². The fourth-order valence-corrected chi connectivity index (χ4v) is 3.07. The average Bonchev–Trinajstić information content (AvgIpc) is 2.62. The second kappa shape index (κ2) is 8.37. The first-order valence-corrected chi connectivity index (χ1v) is 8.96. The highest BCUT2D eigenvalue weighted by Gasteiger charge is 2.21. The summed E-state index contributed by atoms with van der Waals surface area (Å²) in [4.78, 5) is 16.7. The third-order valence-corrected chi connectivity index (χ3v) is 4.67. The van der Waals surface area contributed by atoms with Gasteiger partial charge in [0.05, 0.1) is 0 Å². The van der Waals surface area contributed by atoms with Gasteiger partial charge in [-0.1, -0.05) is 23.7 Å². The van der Waals surface area contributed by atoms with Crippen LogP contribution in [-0.2, 0) is 0 Å². The molecule has 25 heavy (non-hydrogen) atoms. The van der Waals surface area contributed by atoms with Gasteiger partial charge >= 0.3 is 0 Å². The van der Waals surface area contributed by atoms with Gasteiger partial charge in [-0.25, -0.2) is 0 Å². The summed E-state index contributed by atoms with van der Waals surface area (Å²) in [5.41, 5.74) is 1.90. The van der Waals surface area contributed by atoms with Gasteiger partial charge in [0.15, 0.2) is 0 Å². The summed E-state index contributed by atoms with van der Waals surface area (Å²) in [7, 11) is 0. The van der Waals surface area contributed by atoms with Crippen LogP contribution in [0.25, 0.3) is 0 Å². The molecule has 3 rings (SSSR count). The highest BCUT2D eigenvalue weighted by Crippen LogP contribution is 2.14. The molecule has 0 saturated carbocycles. The lowest BCUT2D eigenvalue weighted by atomic mass is 10.2. The predicted molar refractivity (Wildman–Crippen MR) is 100 cm³/mol. The minimum atomic E-state index is 0.0762. The highest BCUT2D eigenvalue weighted by molar-refractivity contribution is 6.30. The number of benzene rings is 2. The van der Waals surface area contributed by atoms with E-state index in [1.165, 1.54) is 5.56 Å². The van der Waals surface area contributed by atoms with E-state index in [1.54, 1.807) is 24.3 Å². The molecule has 0 atom stereocenters. The van der Waals surface area contributed by atoms with Crippen molar-refractivity contribution in [1.82, 2.24) is 9.80 Å². The third kappa shape index (κ3) is 4.97. The van der Waals surface area contributed by atoms with Gasteiger partial charge in [-0.3, -0.25) is 9.69 Å². The van der Waals surface area contributed by atoms with Crippen molar-refractivity contribution in [1.29, 1.82) is 0 Å². The molecule has 1 aliphatic heterocycles. The Labute approximate surface area is 154 Å². The van der Waals surface area contributed by atoms with Gasteiger partial charge in [0, 0.05) is 43.3 Å². The first-order chi connectivity index (χ1) is 12.1. The van der Waals surface area contributed by atoms with Crippen LogP contribution in [0.15, 0.2) is 48.5 Å². The first kappa shape index (κ1) is 17.8. The molecule has 5 heteroatoms. The van der Waals surface area contributed by atoms with E-state index in [2.05, 4.69) is 17.9 Å². The summed E-state index contributed by atoms with van der Waals surface area (Å²) in [5.74, 6) is 0.990. The summed E-state index contributed by atoms with van der Waals surface area (Å²) in [6.45, 7) is 6.82. The molecule has 4 nitrogen and oxygen atoms in total. The van der Waals surface area contributed by atoms with E-state index in [0.717, 1.165) is 38.5 Å². The Morgan fingerprint density at radius 2 is 1.80 bits per heavy atom. The van der Waals surface area contributed by atoms with Crippen LogP contribution in [0.1, 0.15) is 15.9 Å². The van der Waals surface area contributed by atoms with Gasteiger partial charge in [0.25, 0.3) is 5.91 Å². The van der Waals surface area contributed by atoms with Crippen LogP contribution in [0, 0.1) is 6.92 Å². The number of rotatable bonds is 5. The lowest BCUT2D eigenvalue weighted by molar-refractivity contribution is 0.0620. The quantitative estimate of drug-likeness (QED) is 0.820. The standard InChI is InChI=1S/C20H23ClN2O2/c1-16-3-2-4-19(15-16)25-14-13-22-9-11-23(12-10-22)20(24)17-5-7-18(21)8-6-17/h2-8,15H,9-14H2,1H3. The largest absolute Gasteiger partial charge is 0.492 e. The Bertz CT molecular complexity index is 710. The number of carbonyl (C=O) groups excluding carboxylic acids is 1. The van der Waals surface area contributed by atoms with Gasteiger partial charge in [0.2, 0.25) is 0 Å². The number of ether oxygens (including phenoxy) is 1. The number of aryl methyl sites for hydroxylation is 1. The average molecular weight is 359 g/mol. The SMILES string of the molecule is Cc1cccc(OCCN2CCN(C(=O)c3ccc(Cl)cc3)CC2)c1. The molecule has 2 aromatic carbocycles. The van der Waals surface area contributed by atoms with Crippen LogP contribution in [-0.4, -0.2) is 55.0 Å². The number of nitrogens with zero attached hydrogens (tertiary/aromatic N) is 2. The molecule has 132 valence electrons. The van der Waals surface area contributed by atoms with E-state index in [-0.39, 0.29) is 5.91 Å². The smallest absolute Gasteiger partial charge is 0.253 e. The lowest BCUT2D eigenvalue weighted by Gasteiger charge is -2.34. The summed E-state index contributed by atoms with van der Waals surface area (Å²) in [6.07, 6.45) is 0. The Hall–Kier alpha value is -2.04. The summed E-state index contributed by atoms with van der Waals surface area (Å²) < 4.78 is 5.81. The van der Waals surface area contributed by atoms with Crippen LogP contribution in [0.5, 0.6) is 5.75 Å². The minimum absolute atomic E-state index is 0.0762. The van der Waals surface area contributed by atoms with E-state index >= 15 is 0 Å². The van der Waals surface area contributed by atoms with Crippen molar-refractivity contribution >= 4 is 17.5 Å². The van der Waals surface area contributed by atoms with Gasteiger partial charge in [0.1, 0.15) is 12.4 Å². The molecule has 0 unspecified atom stereocenters. The van der Waals surface area contributed by atoms with E-state index in [0.29, 0.717) is 17.2 Å². The zero-order valence-electron chi connectivity index (χ0n) is 14.5. The maximum absolute atomic E-state index is 12.5. The second-order valence-electron chi connectivity index (χ2n) is 6.31.